The molecule has 0 bridgehead atoms. The molecule has 2 saturated heterocycles. The number of ether oxygens (including phenoxy) is 1. The first-order valence-corrected chi connectivity index (χ1v) is 11.2. The highest BCUT2D eigenvalue weighted by Crippen LogP contribution is 2.28. The molecule has 0 saturated carbocycles. The van der Waals surface area contributed by atoms with Gasteiger partial charge in [-0.15, -0.1) is 0 Å². The Labute approximate surface area is 189 Å². The van der Waals surface area contributed by atoms with Gasteiger partial charge in [0.1, 0.15) is 5.75 Å². The van der Waals surface area contributed by atoms with E-state index in [9.17, 15) is 14.4 Å². The van der Waals surface area contributed by atoms with E-state index in [2.05, 4.69) is 5.32 Å². The van der Waals surface area contributed by atoms with Gasteiger partial charge in [-0.3, -0.25) is 14.4 Å². The summed E-state index contributed by atoms with van der Waals surface area (Å²) in [6.45, 7) is 9.32. The zero-order chi connectivity index (χ0) is 22.8. The summed E-state index contributed by atoms with van der Waals surface area (Å²) in [4.78, 5) is 41.3. The number of nitrogens with zero attached hydrogens (tertiary/aromatic N) is 2. The van der Waals surface area contributed by atoms with Gasteiger partial charge < -0.3 is 19.9 Å². The number of rotatable bonds is 5. The van der Waals surface area contributed by atoms with E-state index < -0.39 is 6.10 Å². The van der Waals surface area contributed by atoms with Gasteiger partial charge in [-0.2, -0.15) is 0 Å². The maximum Gasteiger partial charge on any atom is 0.260 e. The average molecular weight is 450 g/mol. The zero-order valence-corrected chi connectivity index (χ0v) is 19.4. The van der Waals surface area contributed by atoms with E-state index in [-0.39, 0.29) is 41.6 Å². The molecule has 0 spiro atoms. The molecule has 2 unspecified atom stereocenters. The Hall–Kier alpha value is -2.28. The van der Waals surface area contributed by atoms with Crippen molar-refractivity contribution < 1.29 is 19.1 Å². The molecule has 0 aliphatic carbocycles. The third kappa shape index (κ3) is 5.91. The van der Waals surface area contributed by atoms with Gasteiger partial charge in [0.25, 0.3) is 5.91 Å². The summed E-state index contributed by atoms with van der Waals surface area (Å²) in [6, 6.07) is 6.89. The second kappa shape index (κ2) is 9.47. The van der Waals surface area contributed by atoms with Crippen molar-refractivity contribution >= 4 is 29.3 Å². The lowest BCUT2D eigenvalue weighted by molar-refractivity contribution is -0.137. The van der Waals surface area contributed by atoms with E-state index in [1.54, 1.807) is 36.1 Å². The van der Waals surface area contributed by atoms with Crippen molar-refractivity contribution in [3.05, 3.63) is 29.3 Å². The van der Waals surface area contributed by atoms with Crippen LogP contribution in [-0.4, -0.2) is 64.8 Å². The molecule has 2 aliphatic heterocycles. The van der Waals surface area contributed by atoms with E-state index in [0.717, 1.165) is 0 Å². The third-order valence-electron chi connectivity index (χ3n) is 5.93. The Morgan fingerprint density at radius 2 is 1.77 bits per heavy atom. The Morgan fingerprint density at radius 3 is 2.32 bits per heavy atom. The molecule has 1 N–H and O–H groups in total. The van der Waals surface area contributed by atoms with Crippen molar-refractivity contribution in [2.45, 2.75) is 64.6 Å². The minimum absolute atomic E-state index is 0.00380. The van der Waals surface area contributed by atoms with E-state index >= 15 is 0 Å². The molecule has 0 aromatic heterocycles. The first kappa shape index (κ1) is 23.4. The lowest BCUT2D eigenvalue weighted by Crippen LogP contribution is -2.50. The summed E-state index contributed by atoms with van der Waals surface area (Å²) >= 11 is 5.87. The monoisotopic (exact) mass is 449 g/mol. The van der Waals surface area contributed by atoms with Crippen LogP contribution in [0.3, 0.4) is 0 Å². The van der Waals surface area contributed by atoms with Crippen LogP contribution in [0.5, 0.6) is 5.75 Å². The number of hydrogen-bond acceptors (Lipinski definition) is 4. The number of piperidine rings is 1. The highest BCUT2D eigenvalue weighted by atomic mass is 35.5. The number of hydrogen-bond donors (Lipinski definition) is 1. The van der Waals surface area contributed by atoms with Gasteiger partial charge in [0, 0.05) is 42.7 Å². The van der Waals surface area contributed by atoms with E-state index in [4.69, 9.17) is 16.3 Å². The zero-order valence-electron chi connectivity index (χ0n) is 18.7. The molecular formula is C23H32ClN3O4. The first-order valence-electron chi connectivity index (χ1n) is 10.9. The fourth-order valence-electron chi connectivity index (χ4n) is 4.11. The lowest BCUT2D eigenvalue weighted by atomic mass is 10.0. The fraction of sp³-hybridized carbons (Fsp3) is 0.609. The Balaban J connectivity index is 1.45. The summed E-state index contributed by atoms with van der Waals surface area (Å²) in [5, 5.41) is 3.63. The number of carbonyl (C=O) groups is 3. The van der Waals surface area contributed by atoms with Crippen molar-refractivity contribution in [1.29, 1.82) is 0 Å². The van der Waals surface area contributed by atoms with Gasteiger partial charge in [0.05, 0.1) is 5.92 Å². The van der Waals surface area contributed by atoms with Crippen LogP contribution in [0, 0.1) is 5.92 Å². The first-order chi connectivity index (χ1) is 14.5. The SMILES string of the molecule is CC(Oc1ccc(Cl)cc1)C(=O)NC1CCN(C(=O)C2CC(=O)N(C(C)(C)C)C2)CC1. The molecule has 3 amide bonds. The predicted octanol–water partition coefficient (Wildman–Crippen LogP) is 2.86. The van der Waals surface area contributed by atoms with Gasteiger partial charge in [0.2, 0.25) is 11.8 Å². The van der Waals surface area contributed by atoms with Crippen LogP contribution in [0.1, 0.15) is 47.0 Å². The number of halogens is 1. The number of likely N-dealkylation sites (tertiary alicyclic amines) is 2. The van der Waals surface area contributed by atoms with Crippen LogP contribution < -0.4 is 10.1 Å². The molecule has 31 heavy (non-hydrogen) atoms. The van der Waals surface area contributed by atoms with Crippen molar-refractivity contribution in [1.82, 2.24) is 15.1 Å². The molecule has 1 aromatic carbocycles. The lowest BCUT2D eigenvalue weighted by Gasteiger charge is -2.35. The summed E-state index contributed by atoms with van der Waals surface area (Å²) in [5.41, 5.74) is -0.270. The average Bonchev–Trinajstić information content (AvgIpc) is 3.12. The van der Waals surface area contributed by atoms with Crippen molar-refractivity contribution in [2.24, 2.45) is 5.92 Å². The van der Waals surface area contributed by atoms with Gasteiger partial charge in [0.15, 0.2) is 6.10 Å². The predicted molar refractivity (Wildman–Crippen MR) is 119 cm³/mol. The van der Waals surface area contributed by atoms with Crippen molar-refractivity contribution in [3.63, 3.8) is 0 Å². The Kier molecular flexibility index (Phi) is 7.14. The second-order valence-electron chi connectivity index (χ2n) is 9.40. The van der Waals surface area contributed by atoms with Gasteiger partial charge >= 0.3 is 0 Å². The third-order valence-corrected chi connectivity index (χ3v) is 6.18. The highest BCUT2D eigenvalue weighted by Gasteiger charge is 2.41. The molecule has 170 valence electrons. The number of nitrogens with one attached hydrogen (secondary N) is 1. The minimum atomic E-state index is -0.631. The topological polar surface area (TPSA) is 79.0 Å². The molecule has 2 atom stereocenters. The standard InChI is InChI=1S/C23H32ClN3O4/c1-15(31-19-7-5-17(24)6-8-19)21(29)25-18-9-11-26(12-10-18)22(30)16-13-20(28)27(14-16)23(2,3)4/h5-8,15-16,18H,9-14H2,1-4H3,(H,25,29). The second-order valence-corrected chi connectivity index (χ2v) is 9.83. The smallest absolute Gasteiger partial charge is 0.260 e. The number of carbonyl (C=O) groups excluding carboxylic acids is 3. The maximum absolute atomic E-state index is 12.9. The van der Waals surface area contributed by atoms with E-state index in [1.165, 1.54) is 0 Å². The van der Waals surface area contributed by atoms with E-state index in [0.29, 0.717) is 43.2 Å². The van der Waals surface area contributed by atoms with Crippen LogP contribution in [0.2, 0.25) is 5.02 Å². The molecule has 2 aliphatic rings. The molecule has 7 nitrogen and oxygen atoms in total. The van der Waals surface area contributed by atoms with Crippen LogP contribution >= 0.6 is 11.6 Å². The fourth-order valence-corrected chi connectivity index (χ4v) is 4.24. The molecule has 8 heteroatoms. The molecule has 2 fully saturated rings. The number of benzene rings is 1. The van der Waals surface area contributed by atoms with Crippen LogP contribution in [-0.2, 0) is 14.4 Å². The highest BCUT2D eigenvalue weighted by molar-refractivity contribution is 6.30. The summed E-state index contributed by atoms with van der Waals surface area (Å²) in [5.74, 6) is 0.225. The van der Waals surface area contributed by atoms with Crippen molar-refractivity contribution in [2.75, 3.05) is 19.6 Å². The number of amides is 3. The van der Waals surface area contributed by atoms with Crippen LogP contribution in [0.15, 0.2) is 24.3 Å². The normalized spacial score (nSPS) is 21.2. The van der Waals surface area contributed by atoms with E-state index in [1.807, 2.05) is 25.7 Å². The Morgan fingerprint density at radius 1 is 1.16 bits per heavy atom. The van der Waals surface area contributed by atoms with Gasteiger partial charge in [-0.1, -0.05) is 11.6 Å². The Bertz CT molecular complexity index is 813. The summed E-state index contributed by atoms with van der Waals surface area (Å²) in [7, 11) is 0. The molecule has 0 radical (unpaired) electrons. The van der Waals surface area contributed by atoms with Gasteiger partial charge in [-0.25, -0.2) is 0 Å². The summed E-state index contributed by atoms with van der Waals surface area (Å²) < 4.78 is 5.68. The molecular weight excluding hydrogens is 418 g/mol. The minimum Gasteiger partial charge on any atom is -0.481 e. The van der Waals surface area contributed by atoms with Gasteiger partial charge in [-0.05, 0) is 64.8 Å². The van der Waals surface area contributed by atoms with Crippen LogP contribution in [0.4, 0.5) is 0 Å². The van der Waals surface area contributed by atoms with Crippen LogP contribution in [0.25, 0.3) is 0 Å². The summed E-state index contributed by atoms with van der Waals surface area (Å²) in [6.07, 6.45) is 1.03. The maximum atomic E-state index is 12.9. The molecule has 3 rings (SSSR count). The largest absolute Gasteiger partial charge is 0.481 e. The molecule has 2 heterocycles. The molecule has 1 aromatic rings. The quantitative estimate of drug-likeness (QED) is 0.749. The van der Waals surface area contributed by atoms with Crippen molar-refractivity contribution in [3.8, 4) is 5.75 Å².